The van der Waals surface area contributed by atoms with Crippen LogP contribution < -0.4 is 14.4 Å². The lowest BCUT2D eigenvalue weighted by Gasteiger charge is -2.29. The Morgan fingerprint density at radius 3 is 2.59 bits per heavy atom. The molecule has 1 N–H and O–H groups in total. The molecule has 32 heavy (non-hydrogen) atoms. The number of sulfonamides is 1. The molecule has 11 heteroatoms. The lowest BCUT2D eigenvalue weighted by Crippen LogP contribution is -2.42. The van der Waals surface area contributed by atoms with Gasteiger partial charge in [0.1, 0.15) is 12.3 Å². The fraction of sp³-hybridized carbons (Fsp3) is 0.381. The Balaban J connectivity index is 1.86. The average Bonchev–Trinajstić information content (AvgIpc) is 2.70. The molecule has 0 spiro atoms. The van der Waals surface area contributed by atoms with E-state index in [0.29, 0.717) is 22.5 Å². The van der Waals surface area contributed by atoms with Crippen LogP contribution in [0.1, 0.15) is 35.6 Å². The number of ether oxygens (including phenoxy) is 1. The molecule has 0 fully saturated rings. The molecule has 0 saturated carbocycles. The van der Waals surface area contributed by atoms with E-state index in [4.69, 9.17) is 16.3 Å². The van der Waals surface area contributed by atoms with Crippen LogP contribution in [0, 0.1) is 0 Å². The summed E-state index contributed by atoms with van der Waals surface area (Å²) in [6, 6.07) is 7.48. The third-order valence-corrected chi connectivity index (χ3v) is 6.68. The molecule has 1 atom stereocenters. The van der Waals surface area contributed by atoms with Gasteiger partial charge in [-0.2, -0.15) is 13.2 Å². The van der Waals surface area contributed by atoms with Gasteiger partial charge in [-0.05, 0) is 60.7 Å². The molecular formula is C21H22ClF3N2O4S. The van der Waals surface area contributed by atoms with Crippen molar-refractivity contribution in [3.05, 3.63) is 58.1 Å². The Morgan fingerprint density at radius 1 is 1.25 bits per heavy atom. The van der Waals surface area contributed by atoms with E-state index in [1.54, 1.807) is 13.2 Å². The number of alkyl halides is 3. The second-order valence-corrected chi connectivity index (χ2v) is 9.82. The summed E-state index contributed by atoms with van der Waals surface area (Å²) in [6.45, 7) is -0.706. The zero-order chi connectivity index (χ0) is 23.7. The summed E-state index contributed by atoms with van der Waals surface area (Å²) in [5.74, 6) is 0.0377. The minimum absolute atomic E-state index is 0.216. The molecule has 0 heterocycles. The molecule has 0 aliphatic heterocycles. The molecule has 1 aliphatic rings. The van der Waals surface area contributed by atoms with Gasteiger partial charge in [0.2, 0.25) is 15.9 Å². The lowest BCUT2D eigenvalue weighted by atomic mass is 9.87. The zero-order valence-corrected chi connectivity index (χ0v) is 18.9. The van der Waals surface area contributed by atoms with Gasteiger partial charge in [-0.25, -0.2) is 8.42 Å². The second-order valence-electron chi connectivity index (χ2n) is 7.51. The number of hydrogen-bond acceptors (Lipinski definition) is 4. The highest BCUT2D eigenvalue weighted by Crippen LogP contribution is 2.36. The monoisotopic (exact) mass is 490 g/mol. The number of hydrogen-bond donors (Lipinski definition) is 1. The first-order valence-corrected chi connectivity index (χ1v) is 11.9. The highest BCUT2D eigenvalue weighted by atomic mass is 35.5. The number of anilines is 1. The molecule has 0 saturated heterocycles. The van der Waals surface area contributed by atoms with E-state index in [1.165, 1.54) is 0 Å². The number of halogens is 4. The molecule has 1 aliphatic carbocycles. The van der Waals surface area contributed by atoms with Gasteiger partial charge in [0, 0.05) is 0 Å². The number of aryl methyl sites for hydroxylation is 1. The van der Waals surface area contributed by atoms with Gasteiger partial charge in [-0.15, -0.1) is 0 Å². The molecule has 6 nitrogen and oxygen atoms in total. The summed E-state index contributed by atoms with van der Waals surface area (Å²) in [5.41, 5.74) is 0.434. The molecule has 0 radical (unpaired) electrons. The first-order chi connectivity index (χ1) is 14.9. The Hall–Kier alpha value is -2.46. The maximum Gasteiger partial charge on any atom is 0.416 e. The largest absolute Gasteiger partial charge is 0.497 e. The maximum absolute atomic E-state index is 13.1. The van der Waals surface area contributed by atoms with Gasteiger partial charge in [0.05, 0.1) is 35.7 Å². The highest BCUT2D eigenvalue weighted by molar-refractivity contribution is 7.92. The van der Waals surface area contributed by atoms with Crippen molar-refractivity contribution in [3.8, 4) is 5.75 Å². The number of benzene rings is 2. The average molecular weight is 491 g/mol. The van der Waals surface area contributed by atoms with Crippen molar-refractivity contribution in [2.24, 2.45) is 0 Å². The van der Waals surface area contributed by atoms with Crippen LogP contribution in [0.3, 0.4) is 0 Å². The summed E-state index contributed by atoms with van der Waals surface area (Å²) in [4.78, 5) is 12.8. The zero-order valence-electron chi connectivity index (χ0n) is 17.4. The standard InChI is InChI=1S/C21H22ClF3N2O4S/c1-31-15-7-8-16-13(10-15)4-3-5-18(16)26-20(28)12-27(32(2,29)30)19-11-14(21(23,24)25)6-9-17(19)22/h6-11,18H,3-5,12H2,1-2H3,(H,26,28). The van der Waals surface area contributed by atoms with Crippen LogP contribution in [0.5, 0.6) is 5.75 Å². The molecule has 174 valence electrons. The molecule has 3 rings (SSSR count). The Kier molecular flexibility index (Phi) is 6.94. The van der Waals surface area contributed by atoms with Gasteiger partial charge in [0.15, 0.2) is 0 Å². The fourth-order valence-corrected chi connectivity index (χ4v) is 4.83. The van der Waals surface area contributed by atoms with Crippen molar-refractivity contribution < 1.29 is 31.1 Å². The SMILES string of the molecule is COc1ccc2c(c1)CCCC2NC(=O)CN(c1cc(C(F)(F)F)ccc1Cl)S(C)(=O)=O. The van der Waals surface area contributed by atoms with Crippen LogP contribution in [0.2, 0.25) is 5.02 Å². The third kappa shape index (κ3) is 5.47. The normalized spacial score (nSPS) is 16.2. The summed E-state index contributed by atoms with van der Waals surface area (Å²) in [7, 11) is -2.55. The topological polar surface area (TPSA) is 75.7 Å². The van der Waals surface area contributed by atoms with E-state index in [2.05, 4.69) is 5.32 Å². The van der Waals surface area contributed by atoms with E-state index < -0.39 is 39.9 Å². The molecule has 0 aromatic heterocycles. The molecule has 1 amide bonds. The van der Waals surface area contributed by atoms with Crippen molar-refractivity contribution in [2.75, 3.05) is 24.2 Å². The van der Waals surface area contributed by atoms with E-state index in [9.17, 15) is 26.4 Å². The summed E-state index contributed by atoms with van der Waals surface area (Å²) in [5, 5.41) is 2.58. The van der Waals surface area contributed by atoms with Crippen molar-refractivity contribution >= 4 is 33.2 Å². The highest BCUT2D eigenvalue weighted by Gasteiger charge is 2.33. The van der Waals surface area contributed by atoms with Crippen molar-refractivity contribution in [2.45, 2.75) is 31.5 Å². The summed E-state index contributed by atoms with van der Waals surface area (Å²) >= 11 is 6.00. The Morgan fingerprint density at radius 2 is 1.97 bits per heavy atom. The number of fused-ring (bicyclic) bond motifs is 1. The summed E-state index contributed by atoms with van der Waals surface area (Å²) < 4.78 is 69.9. The number of methoxy groups -OCH3 is 1. The maximum atomic E-state index is 13.1. The Labute approximate surface area is 189 Å². The number of nitrogens with one attached hydrogen (secondary N) is 1. The number of carbonyl (C=O) groups excluding carboxylic acids is 1. The lowest BCUT2D eigenvalue weighted by molar-refractivity contribution is -0.137. The van der Waals surface area contributed by atoms with Gasteiger partial charge >= 0.3 is 6.18 Å². The number of rotatable bonds is 6. The van der Waals surface area contributed by atoms with E-state index in [-0.39, 0.29) is 11.1 Å². The van der Waals surface area contributed by atoms with E-state index in [0.717, 1.165) is 42.4 Å². The molecular weight excluding hydrogens is 469 g/mol. The van der Waals surface area contributed by atoms with Crippen LogP contribution >= 0.6 is 11.6 Å². The second kappa shape index (κ2) is 9.19. The first-order valence-electron chi connectivity index (χ1n) is 9.71. The minimum Gasteiger partial charge on any atom is -0.497 e. The summed E-state index contributed by atoms with van der Waals surface area (Å²) in [6.07, 6.45) is -1.63. The number of nitrogens with zero attached hydrogens (tertiary/aromatic N) is 1. The van der Waals surface area contributed by atoms with Gasteiger partial charge in [-0.1, -0.05) is 17.7 Å². The van der Waals surface area contributed by atoms with Crippen LogP contribution in [-0.2, 0) is 27.4 Å². The predicted octanol–water partition coefficient (Wildman–Crippen LogP) is 4.33. The third-order valence-electron chi connectivity index (χ3n) is 5.23. The predicted molar refractivity (Wildman–Crippen MR) is 115 cm³/mol. The van der Waals surface area contributed by atoms with Crippen LogP contribution in [-0.4, -0.2) is 34.2 Å². The van der Waals surface area contributed by atoms with Crippen molar-refractivity contribution in [3.63, 3.8) is 0 Å². The molecule has 1 unspecified atom stereocenters. The fourth-order valence-electron chi connectivity index (χ4n) is 3.70. The molecule has 2 aromatic rings. The van der Waals surface area contributed by atoms with Crippen LogP contribution in [0.25, 0.3) is 0 Å². The van der Waals surface area contributed by atoms with Crippen molar-refractivity contribution in [1.82, 2.24) is 5.32 Å². The van der Waals surface area contributed by atoms with Crippen LogP contribution in [0.15, 0.2) is 36.4 Å². The quantitative estimate of drug-likeness (QED) is 0.654. The molecule has 0 bridgehead atoms. The number of carbonyl (C=O) groups is 1. The molecule has 2 aromatic carbocycles. The van der Waals surface area contributed by atoms with Gasteiger partial charge in [-0.3, -0.25) is 9.10 Å². The van der Waals surface area contributed by atoms with Crippen LogP contribution in [0.4, 0.5) is 18.9 Å². The smallest absolute Gasteiger partial charge is 0.416 e. The number of amides is 1. The van der Waals surface area contributed by atoms with E-state index >= 15 is 0 Å². The van der Waals surface area contributed by atoms with E-state index in [1.807, 2.05) is 12.1 Å². The van der Waals surface area contributed by atoms with Crippen molar-refractivity contribution in [1.29, 1.82) is 0 Å². The first kappa shape index (κ1) is 24.2. The van der Waals surface area contributed by atoms with Gasteiger partial charge in [0.25, 0.3) is 0 Å². The Bertz CT molecular complexity index is 1120. The van der Waals surface area contributed by atoms with Gasteiger partial charge < -0.3 is 10.1 Å². The minimum atomic E-state index is -4.70.